The van der Waals surface area contributed by atoms with Crippen LogP contribution in [0.5, 0.6) is 0 Å². The summed E-state index contributed by atoms with van der Waals surface area (Å²) in [6.45, 7) is 0. The molecule has 5 aromatic carbocycles. The second kappa shape index (κ2) is 11.8. The topological polar surface area (TPSA) is 21.9 Å². The first kappa shape index (κ1) is 28.9. The zero-order chi connectivity index (χ0) is 33.0. The Labute approximate surface area is 292 Å². The van der Waals surface area contributed by atoms with Crippen molar-refractivity contribution < 1.29 is 0 Å². The van der Waals surface area contributed by atoms with Gasteiger partial charge in [-0.25, -0.2) is 0 Å². The maximum atomic E-state index is 4.00. The number of hydrogen-bond donors (Lipinski definition) is 1. The molecule has 1 aliphatic heterocycles. The molecule has 7 aromatic rings. The Kier molecular flexibility index (Phi) is 6.83. The van der Waals surface area contributed by atoms with Gasteiger partial charge >= 0.3 is 0 Å². The molecule has 3 aliphatic rings. The average molecular weight is 644 g/mol. The first-order valence-corrected chi connectivity index (χ1v) is 17.8. The van der Waals surface area contributed by atoms with E-state index in [-0.39, 0.29) is 12.0 Å². The molecule has 2 aromatic heterocycles. The summed E-state index contributed by atoms with van der Waals surface area (Å²) in [5.74, 6) is 1.38. The Bertz CT molecular complexity index is 2520. The molecule has 3 heteroatoms. The SMILES string of the molecule is C1=CC(C2=CCCc3c2n(C2=CC(c4ccccc4)=CC(c4ccccc4)N2)c2ccccc32)Cc2c1n(-c1ccccc1)c1ccccc21. The molecular formula is C47H37N3. The van der Waals surface area contributed by atoms with E-state index in [1.807, 2.05) is 0 Å². The van der Waals surface area contributed by atoms with E-state index in [0.717, 1.165) is 25.1 Å². The van der Waals surface area contributed by atoms with Crippen molar-refractivity contribution in [3.63, 3.8) is 0 Å². The predicted molar refractivity (Wildman–Crippen MR) is 209 cm³/mol. The van der Waals surface area contributed by atoms with Gasteiger partial charge in [0.2, 0.25) is 0 Å². The quantitative estimate of drug-likeness (QED) is 0.198. The van der Waals surface area contributed by atoms with Crippen LogP contribution in [0, 0.1) is 5.92 Å². The molecule has 0 amide bonds. The maximum absolute atomic E-state index is 4.00. The highest BCUT2D eigenvalue weighted by Crippen LogP contribution is 2.45. The van der Waals surface area contributed by atoms with Crippen molar-refractivity contribution in [1.29, 1.82) is 0 Å². The van der Waals surface area contributed by atoms with Crippen LogP contribution in [0.3, 0.4) is 0 Å². The van der Waals surface area contributed by atoms with Crippen LogP contribution in [-0.2, 0) is 12.8 Å². The van der Waals surface area contributed by atoms with Crippen molar-refractivity contribution in [2.24, 2.45) is 5.92 Å². The Hall–Kier alpha value is -6.06. The number of para-hydroxylation sites is 3. The summed E-state index contributed by atoms with van der Waals surface area (Å²) in [6.07, 6.45) is 15.2. The first-order chi connectivity index (χ1) is 24.8. The van der Waals surface area contributed by atoms with Crippen LogP contribution >= 0.6 is 0 Å². The third kappa shape index (κ3) is 4.65. The summed E-state index contributed by atoms with van der Waals surface area (Å²) in [6, 6.07) is 50.4. The largest absolute Gasteiger partial charge is 0.361 e. The number of aromatic nitrogens is 2. The van der Waals surface area contributed by atoms with Crippen molar-refractivity contribution in [3.8, 4) is 5.69 Å². The fourth-order valence-electron chi connectivity index (χ4n) is 8.59. The molecule has 10 rings (SSSR count). The number of hydrogen-bond acceptors (Lipinski definition) is 1. The number of fused-ring (bicyclic) bond motifs is 6. The maximum Gasteiger partial charge on any atom is 0.112 e. The van der Waals surface area contributed by atoms with Crippen LogP contribution < -0.4 is 5.32 Å². The molecule has 2 atom stereocenters. The zero-order valence-electron chi connectivity index (χ0n) is 27.8. The van der Waals surface area contributed by atoms with Crippen molar-refractivity contribution in [3.05, 3.63) is 197 Å². The van der Waals surface area contributed by atoms with Crippen molar-refractivity contribution in [1.82, 2.24) is 14.5 Å². The lowest BCUT2D eigenvalue weighted by atomic mass is 9.81. The number of nitrogens with zero attached hydrogens (tertiary/aromatic N) is 2. The van der Waals surface area contributed by atoms with Crippen LogP contribution in [-0.4, -0.2) is 9.13 Å². The number of rotatable bonds is 5. The van der Waals surface area contributed by atoms with Gasteiger partial charge in [0.15, 0.2) is 0 Å². The lowest BCUT2D eigenvalue weighted by Crippen LogP contribution is -2.26. The second-order valence-electron chi connectivity index (χ2n) is 13.6. The molecule has 0 spiro atoms. The summed E-state index contributed by atoms with van der Waals surface area (Å²) >= 11 is 0. The fraction of sp³-hybridized carbons (Fsp3) is 0.106. The summed E-state index contributed by atoms with van der Waals surface area (Å²) < 4.78 is 4.98. The summed E-state index contributed by atoms with van der Waals surface area (Å²) in [7, 11) is 0. The van der Waals surface area contributed by atoms with Gasteiger partial charge in [-0.05, 0) is 95.2 Å². The third-order valence-electron chi connectivity index (χ3n) is 10.8. The van der Waals surface area contributed by atoms with Gasteiger partial charge < -0.3 is 9.88 Å². The number of benzene rings is 5. The molecule has 240 valence electrons. The number of nitrogens with one attached hydrogen (secondary N) is 1. The Morgan fingerprint density at radius 1 is 0.620 bits per heavy atom. The molecule has 50 heavy (non-hydrogen) atoms. The van der Waals surface area contributed by atoms with Crippen LogP contribution in [0.2, 0.25) is 0 Å². The van der Waals surface area contributed by atoms with Crippen molar-refractivity contribution in [2.45, 2.75) is 25.3 Å². The van der Waals surface area contributed by atoms with Crippen molar-refractivity contribution in [2.75, 3.05) is 0 Å². The number of aryl methyl sites for hydroxylation is 1. The lowest BCUT2D eigenvalue weighted by molar-refractivity contribution is 0.725. The van der Waals surface area contributed by atoms with Gasteiger partial charge in [0.1, 0.15) is 5.82 Å². The molecule has 0 saturated carbocycles. The third-order valence-corrected chi connectivity index (χ3v) is 10.8. The van der Waals surface area contributed by atoms with E-state index in [9.17, 15) is 0 Å². The smallest absolute Gasteiger partial charge is 0.112 e. The monoisotopic (exact) mass is 643 g/mol. The average Bonchev–Trinajstić information content (AvgIpc) is 3.71. The van der Waals surface area contributed by atoms with E-state index in [0.29, 0.717) is 0 Å². The Balaban J connectivity index is 1.13. The highest BCUT2D eigenvalue weighted by atomic mass is 15.2. The summed E-state index contributed by atoms with van der Waals surface area (Å²) in [5.41, 5.74) is 14.4. The van der Waals surface area contributed by atoms with Gasteiger partial charge in [-0.15, -0.1) is 0 Å². The van der Waals surface area contributed by atoms with Gasteiger partial charge in [-0.1, -0.05) is 127 Å². The minimum atomic E-state index is 0.0421. The van der Waals surface area contributed by atoms with Gasteiger partial charge in [0.05, 0.1) is 22.8 Å². The second-order valence-corrected chi connectivity index (χ2v) is 13.6. The van der Waals surface area contributed by atoms with Gasteiger partial charge in [0, 0.05) is 28.1 Å². The molecule has 1 N–H and O–H groups in total. The molecule has 2 aliphatic carbocycles. The minimum absolute atomic E-state index is 0.0421. The highest BCUT2D eigenvalue weighted by molar-refractivity contribution is 5.97. The van der Waals surface area contributed by atoms with E-state index < -0.39 is 0 Å². The van der Waals surface area contributed by atoms with Gasteiger partial charge in [-0.2, -0.15) is 0 Å². The summed E-state index contributed by atoms with van der Waals surface area (Å²) in [4.78, 5) is 0. The molecule has 0 saturated heterocycles. The highest BCUT2D eigenvalue weighted by Gasteiger charge is 2.32. The van der Waals surface area contributed by atoms with E-state index in [4.69, 9.17) is 0 Å². The molecular weight excluding hydrogens is 607 g/mol. The predicted octanol–water partition coefficient (Wildman–Crippen LogP) is 11.0. The van der Waals surface area contributed by atoms with E-state index in [1.165, 1.54) is 72.3 Å². The van der Waals surface area contributed by atoms with E-state index >= 15 is 0 Å². The van der Waals surface area contributed by atoms with Crippen LogP contribution in [0.15, 0.2) is 164 Å². The summed E-state index contributed by atoms with van der Waals surface area (Å²) in [5, 5.41) is 6.69. The Morgan fingerprint density at radius 3 is 2.02 bits per heavy atom. The van der Waals surface area contributed by atoms with E-state index in [1.54, 1.807) is 0 Å². The number of dihydropyridines is 1. The van der Waals surface area contributed by atoms with Crippen LogP contribution in [0.4, 0.5) is 0 Å². The van der Waals surface area contributed by atoms with Crippen molar-refractivity contribution >= 4 is 44.8 Å². The molecule has 3 nitrogen and oxygen atoms in total. The number of allylic oxidation sites excluding steroid dienone is 5. The molecule has 0 bridgehead atoms. The molecule has 0 fully saturated rings. The van der Waals surface area contributed by atoms with Crippen LogP contribution in [0.25, 0.3) is 50.5 Å². The van der Waals surface area contributed by atoms with E-state index in [2.05, 4.69) is 184 Å². The molecule has 0 radical (unpaired) electrons. The van der Waals surface area contributed by atoms with Gasteiger partial charge in [-0.3, -0.25) is 4.57 Å². The molecule has 2 unspecified atom stereocenters. The fourth-order valence-corrected chi connectivity index (χ4v) is 8.59. The lowest BCUT2D eigenvalue weighted by Gasteiger charge is -2.30. The minimum Gasteiger partial charge on any atom is -0.361 e. The zero-order valence-corrected chi connectivity index (χ0v) is 27.8. The standard InChI is InChI=1S/C47H37N3/c1-4-15-32(16-5-1)35-30-42(33-17-6-2-7-18-33)48-46(31-35)50-44-26-13-10-21-38(44)40-24-14-23-37(47(40)50)34-27-28-45-41(29-34)39-22-11-12-25-43(39)49(45)36-19-8-3-9-20-36/h1-13,15-23,25-28,30-31,34,42,48H,14,24,29H2. The van der Waals surface area contributed by atoms with Gasteiger partial charge in [0.25, 0.3) is 0 Å². The first-order valence-electron chi connectivity index (χ1n) is 17.8. The Morgan fingerprint density at radius 2 is 1.26 bits per heavy atom. The molecule has 3 heterocycles. The normalized spacial score (nSPS) is 18.2. The van der Waals surface area contributed by atoms with Crippen LogP contribution in [0.1, 0.15) is 46.1 Å².